The number of hydrogen-bond donors (Lipinski definition) is 1. The van der Waals surface area contributed by atoms with Crippen LogP contribution in [0.5, 0.6) is 0 Å². The van der Waals surface area contributed by atoms with Crippen molar-refractivity contribution in [1.82, 2.24) is 4.90 Å². The van der Waals surface area contributed by atoms with Crippen molar-refractivity contribution >= 4 is 17.6 Å². The van der Waals surface area contributed by atoms with Gasteiger partial charge in [0.25, 0.3) is 0 Å². The highest BCUT2D eigenvalue weighted by Crippen LogP contribution is 2.40. The maximum Gasteiger partial charge on any atom is 0.416 e. The Labute approximate surface area is 164 Å². The molecule has 150 valence electrons. The van der Waals surface area contributed by atoms with Crippen molar-refractivity contribution in [3.63, 3.8) is 0 Å². The summed E-state index contributed by atoms with van der Waals surface area (Å²) in [6.45, 7) is 0.352. The Morgan fingerprint density at radius 2 is 1.93 bits per heavy atom. The van der Waals surface area contributed by atoms with Crippen LogP contribution >= 0.6 is 11.6 Å². The SMILES string of the molecule is O=C(O)C1CCCCN1C(c1cccc(F)c1)c1cc(C(F)(F)F)ccc1Cl. The van der Waals surface area contributed by atoms with Gasteiger partial charge in [0.05, 0.1) is 11.6 Å². The summed E-state index contributed by atoms with van der Waals surface area (Å²) in [4.78, 5) is 13.4. The zero-order chi connectivity index (χ0) is 20.5. The normalized spacial score (nSPS) is 19.4. The molecule has 1 aliphatic heterocycles. The molecule has 2 aromatic rings. The highest BCUT2D eigenvalue weighted by atomic mass is 35.5. The molecule has 1 N–H and O–H groups in total. The van der Waals surface area contributed by atoms with Gasteiger partial charge in [-0.3, -0.25) is 9.69 Å². The highest BCUT2D eigenvalue weighted by molar-refractivity contribution is 6.31. The van der Waals surface area contributed by atoms with Crippen LogP contribution < -0.4 is 0 Å². The van der Waals surface area contributed by atoms with Crippen LogP contribution in [0.25, 0.3) is 0 Å². The van der Waals surface area contributed by atoms with Crippen molar-refractivity contribution in [2.75, 3.05) is 6.54 Å². The van der Waals surface area contributed by atoms with Crippen LogP contribution in [0.3, 0.4) is 0 Å². The molecule has 1 heterocycles. The van der Waals surface area contributed by atoms with Crippen LogP contribution in [0.4, 0.5) is 17.6 Å². The van der Waals surface area contributed by atoms with E-state index >= 15 is 0 Å². The van der Waals surface area contributed by atoms with Gasteiger partial charge in [-0.05, 0) is 60.8 Å². The van der Waals surface area contributed by atoms with E-state index in [4.69, 9.17) is 11.6 Å². The highest BCUT2D eigenvalue weighted by Gasteiger charge is 2.38. The van der Waals surface area contributed by atoms with Gasteiger partial charge in [0, 0.05) is 5.02 Å². The topological polar surface area (TPSA) is 40.5 Å². The van der Waals surface area contributed by atoms with E-state index in [9.17, 15) is 27.5 Å². The molecule has 3 rings (SSSR count). The number of alkyl halides is 3. The molecule has 28 heavy (non-hydrogen) atoms. The summed E-state index contributed by atoms with van der Waals surface area (Å²) in [7, 11) is 0. The number of aliphatic carboxylic acids is 1. The molecule has 2 aromatic carbocycles. The smallest absolute Gasteiger partial charge is 0.416 e. The lowest BCUT2D eigenvalue weighted by Crippen LogP contribution is -2.47. The summed E-state index contributed by atoms with van der Waals surface area (Å²) in [5.74, 6) is -1.63. The predicted molar refractivity (Wildman–Crippen MR) is 96.7 cm³/mol. The number of nitrogens with zero attached hydrogens (tertiary/aromatic N) is 1. The molecule has 1 saturated heterocycles. The van der Waals surface area contributed by atoms with Crippen molar-refractivity contribution in [3.8, 4) is 0 Å². The molecule has 2 atom stereocenters. The summed E-state index contributed by atoms with van der Waals surface area (Å²) in [6.07, 6.45) is -2.84. The van der Waals surface area contributed by atoms with Gasteiger partial charge in [-0.2, -0.15) is 13.2 Å². The molecule has 0 saturated carbocycles. The molecule has 2 unspecified atom stereocenters. The van der Waals surface area contributed by atoms with Crippen LogP contribution in [0, 0.1) is 5.82 Å². The summed E-state index contributed by atoms with van der Waals surface area (Å²) in [6, 6.07) is 6.57. The van der Waals surface area contributed by atoms with Gasteiger partial charge >= 0.3 is 12.1 Å². The van der Waals surface area contributed by atoms with Gasteiger partial charge in [0.2, 0.25) is 0 Å². The standard InChI is InChI=1S/C20H18ClF4NO2/c21-16-8-7-13(20(23,24)25)11-15(16)18(12-4-3-5-14(22)10-12)26-9-2-1-6-17(26)19(27)28/h3-5,7-8,10-11,17-18H,1-2,6,9H2,(H,27,28). The lowest BCUT2D eigenvalue weighted by atomic mass is 9.90. The van der Waals surface area contributed by atoms with Crippen molar-refractivity contribution in [1.29, 1.82) is 0 Å². The second-order valence-corrected chi connectivity index (χ2v) is 7.19. The Morgan fingerprint density at radius 3 is 2.57 bits per heavy atom. The Hall–Kier alpha value is -2.12. The molecule has 1 fully saturated rings. The molecule has 0 bridgehead atoms. The number of carboxylic acid groups (broad SMARTS) is 1. The predicted octanol–water partition coefficient (Wildman–Crippen LogP) is 5.53. The first-order chi connectivity index (χ1) is 13.2. The van der Waals surface area contributed by atoms with Gasteiger partial charge < -0.3 is 5.11 Å². The van der Waals surface area contributed by atoms with Crippen LogP contribution in [0.1, 0.15) is 42.0 Å². The van der Waals surface area contributed by atoms with E-state index in [1.54, 1.807) is 11.0 Å². The number of halogens is 5. The number of carbonyl (C=O) groups is 1. The first kappa shape index (κ1) is 20.6. The summed E-state index contributed by atoms with van der Waals surface area (Å²) in [5, 5.41) is 9.70. The Balaban J connectivity index is 2.18. The molecule has 0 aromatic heterocycles. The number of likely N-dealkylation sites (tertiary alicyclic amines) is 1. The van der Waals surface area contributed by atoms with E-state index in [-0.39, 0.29) is 10.6 Å². The minimum atomic E-state index is -4.58. The van der Waals surface area contributed by atoms with Gasteiger partial charge in [-0.15, -0.1) is 0 Å². The molecule has 0 amide bonds. The molecule has 0 aliphatic carbocycles. The third kappa shape index (κ3) is 4.31. The fourth-order valence-electron chi connectivity index (χ4n) is 3.68. The molecular weight excluding hydrogens is 398 g/mol. The monoisotopic (exact) mass is 415 g/mol. The Morgan fingerprint density at radius 1 is 1.18 bits per heavy atom. The largest absolute Gasteiger partial charge is 0.480 e. The van der Waals surface area contributed by atoms with E-state index in [2.05, 4.69) is 0 Å². The maximum atomic E-state index is 13.9. The fraction of sp³-hybridized carbons (Fsp3) is 0.350. The number of carboxylic acids is 1. The molecule has 1 aliphatic rings. The Kier molecular flexibility index (Phi) is 5.95. The van der Waals surface area contributed by atoms with Gasteiger partial charge in [0.1, 0.15) is 11.9 Å². The number of hydrogen-bond acceptors (Lipinski definition) is 2. The van der Waals surface area contributed by atoms with Crippen molar-refractivity contribution < 1.29 is 27.5 Å². The molecule has 8 heteroatoms. The minimum absolute atomic E-state index is 0.0666. The fourth-order valence-corrected chi connectivity index (χ4v) is 3.90. The van der Waals surface area contributed by atoms with Crippen LogP contribution in [-0.4, -0.2) is 28.6 Å². The lowest BCUT2D eigenvalue weighted by molar-refractivity contribution is -0.145. The van der Waals surface area contributed by atoms with Crippen LogP contribution in [0.15, 0.2) is 42.5 Å². The average Bonchev–Trinajstić information content (AvgIpc) is 2.63. The lowest BCUT2D eigenvalue weighted by Gasteiger charge is -2.40. The third-order valence-corrected chi connectivity index (χ3v) is 5.29. The van der Waals surface area contributed by atoms with E-state index in [0.29, 0.717) is 31.4 Å². The van der Waals surface area contributed by atoms with Crippen LogP contribution in [0.2, 0.25) is 5.02 Å². The zero-order valence-electron chi connectivity index (χ0n) is 14.7. The molecule has 0 radical (unpaired) electrons. The number of benzene rings is 2. The van der Waals surface area contributed by atoms with Crippen LogP contribution in [-0.2, 0) is 11.0 Å². The van der Waals surface area contributed by atoms with E-state index in [1.165, 1.54) is 18.2 Å². The second-order valence-electron chi connectivity index (χ2n) is 6.78. The number of rotatable bonds is 4. The minimum Gasteiger partial charge on any atom is -0.480 e. The van der Waals surface area contributed by atoms with Crippen molar-refractivity contribution in [3.05, 3.63) is 70.0 Å². The first-order valence-electron chi connectivity index (χ1n) is 8.79. The molecule has 3 nitrogen and oxygen atoms in total. The van der Waals surface area contributed by atoms with Gasteiger partial charge in [-0.25, -0.2) is 4.39 Å². The summed E-state index contributed by atoms with van der Waals surface area (Å²) < 4.78 is 53.7. The summed E-state index contributed by atoms with van der Waals surface area (Å²) in [5.41, 5.74) is -0.429. The maximum absolute atomic E-state index is 13.9. The third-order valence-electron chi connectivity index (χ3n) is 4.94. The second kappa shape index (κ2) is 8.09. The van der Waals surface area contributed by atoms with Gasteiger partial charge in [0.15, 0.2) is 0 Å². The average molecular weight is 416 g/mol. The zero-order valence-corrected chi connectivity index (χ0v) is 15.5. The van der Waals surface area contributed by atoms with Crippen molar-refractivity contribution in [2.24, 2.45) is 0 Å². The molecular formula is C20H18ClF4NO2. The Bertz CT molecular complexity index is 872. The van der Waals surface area contributed by atoms with E-state index in [1.807, 2.05) is 0 Å². The first-order valence-corrected chi connectivity index (χ1v) is 9.17. The molecule has 0 spiro atoms. The number of piperidine rings is 1. The summed E-state index contributed by atoms with van der Waals surface area (Å²) >= 11 is 6.24. The quantitative estimate of drug-likeness (QED) is 0.668. The van der Waals surface area contributed by atoms with E-state index in [0.717, 1.165) is 18.2 Å². The van der Waals surface area contributed by atoms with Gasteiger partial charge in [-0.1, -0.05) is 30.2 Å². The van der Waals surface area contributed by atoms with E-state index < -0.39 is 35.6 Å². The van der Waals surface area contributed by atoms with Crippen molar-refractivity contribution in [2.45, 2.75) is 37.5 Å².